The van der Waals surface area contributed by atoms with E-state index >= 15 is 17.6 Å². The zero-order valence-electron chi connectivity index (χ0n) is 66.4. The molecule has 14 rings (SSSR count). The summed E-state index contributed by atoms with van der Waals surface area (Å²) in [4.78, 5) is 90.7. The molecule has 6 aliphatic heterocycles. The van der Waals surface area contributed by atoms with Gasteiger partial charge in [0, 0.05) is 12.4 Å². The maximum atomic E-state index is 16.8. The van der Waals surface area contributed by atoms with Crippen molar-refractivity contribution in [3.05, 3.63) is 62.5 Å². The van der Waals surface area contributed by atoms with Crippen LogP contribution in [-0.4, -0.2) is 244 Å². The monoisotopic (exact) mass is 1810 g/mol. The van der Waals surface area contributed by atoms with E-state index < -0.39 is 243 Å². The molecule has 14 heterocycles. The highest BCUT2D eigenvalue weighted by Crippen LogP contribution is 2.60. The van der Waals surface area contributed by atoms with Crippen LogP contribution in [0.25, 0.3) is 44.7 Å². The first-order valence-electron chi connectivity index (χ1n) is 37.1. The predicted octanol–water partition coefficient (Wildman–Crippen LogP) is 8.16. The lowest BCUT2D eigenvalue weighted by Gasteiger charge is -2.28. The number of carbonyl (C=O) groups excluding carboxylic acids is 4. The van der Waals surface area contributed by atoms with Crippen molar-refractivity contribution in [1.82, 2.24) is 68.1 Å². The number of halogens is 4. The van der Waals surface area contributed by atoms with Crippen LogP contribution in [0.2, 0.25) is 0 Å². The van der Waals surface area contributed by atoms with Crippen LogP contribution in [0.1, 0.15) is 94.1 Å². The smallest absolute Gasteiger partial charge is 0.438 e. The van der Waals surface area contributed by atoms with E-state index in [-0.39, 0.29) is 67.7 Å². The molecule has 0 spiro atoms. The van der Waals surface area contributed by atoms with Gasteiger partial charge in [-0.25, -0.2) is 95.2 Å². The summed E-state index contributed by atoms with van der Waals surface area (Å²) < 4.78 is 251. The predicted molar refractivity (Wildman–Crippen MR) is 402 cm³/mol. The fraction of sp³-hybridized carbons (Fsp3) is 0.606. The van der Waals surface area contributed by atoms with Gasteiger partial charge in [0.25, 0.3) is 0 Å². The number of nitrogen functional groups attached to an aromatic ring is 4. The lowest BCUT2D eigenvalue weighted by atomic mass is 9.98. The molecule has 8 N–H and O–H groups in total. The Morgan fingerprint density at radius 1 is 0.434 bits per heavy atom. The lowest BCUT2D eigenvalue weighted by Crippen LogP contribution is -2.37. The molecule has 122 heavy (non-hydrogen) atoms. The molecule has 6 fully saturated rings. The van der Waals surface area contributed by atoms with Crippen molar-refractivity contribution in [3.63, 3.8) is 0 Å². The highest BCUT2D eigenvalue weighted by Gasteiger charge is 2.58. The van der Waals surface area contributed by atoms with E-state index in [0.717, 1.165) is 12.7 Å². The van der Waals surface area contributed by atoms with Gasteiger partial charge in [-0.2, -0.15) is 0 Å². The van der Waals surface area contributed by atoms with Gasteiger partial charge in [-0.05, 0) is 81.4 Å². The van der Waals surface area contributed by atoms with E-state index in [1.807, 2.05) is 0 Å². The maximum absolute atomic E-state index is 16.8. The number of nitrogens with two attached hydrogens (primary N) is 4. The molecule has 8 aromatic heterocycles. The van der Waals surface area contributed by atoms with Crippen molar-refractivity contribution < 1.29 is 157 Å². The Morgan fingerprint density at radius 2 is 0.770 bits per heavy atom. The third kappa shape index (κ3) is 20.3. The Balaban J connectivity index is 0.000000210. The Hall–Kier alpha value is -8.98. The van der Waals surface area contributed by atoms with Gasteiger partial charge in [0.1, 0.15) is 96.2 Å². The van der Waals surface area contributed by atoms with Crippen LogP contribution >= 0.6 is 30.8 Å². The number of phosphoric ester groups is 2. The highest BCUT2D eigenvalue weighted by atomic mass is 31.2. The second-order valence-corrected chi connectivity index (χ2v) is 37.3. The summed E-state index contributed by atoms with van der Waals surface area (Å²) in [5.41, 5.74) is 23.4. The van der Waals surface area contributed by atoms with E-state index in [2.05, 4.69) is 49.8 Å². The first-order valence-corrected chi connectivity index (χ1v) is 43.4. The van der Waals surface area contributed by atoms with Crippen molar-refractivity contribution in [2.45, 2.75) is 180 Å². The van der Waals surface area contributed by atoms with Gasteiger partial charge in [0.15, 0.2) is 83.8 Å². The Kier molecular flexibility index (Phi) is 27.6. The molecule has 0 radical (unpaired) electrons. The average Bonchev–Trinajstić information content (AvgIpc) is 1.62. The van der Waals surface area contributed by atoms with Crippen molar-refractivity contribution in [2.24, 2.45) is 10.8 Å². The molecule has 0 aliphatic carbocycles. The number of phosphoric acid groups is 2. The number of nitrogens with zero attached hydrogens (tertiary/aromatic N) is 14. The van der Waals surface area contributed by atoms with Crippen LogP contribution in [0.3, 0.4) is 0 Å². The molecule has 0 saturated carbocycles. The minimum absolute atomic E-state index is 0.00848. The van der Waals surface area contributed by atoms with Gasteiger partial charge < -0.3 is 88.8 Å². The number of esters is 2. The summed E-state index contributed by atoms with van der Waals surface area (Å²) >= 11 is 0. The zero-order chi connectivity index (χ0) is 87.7. The van der Waals surface area contributed by atoms with Gasteiger partial charge in [-0.3, -0.25) is 64.1 Å². The largest absolute Gasteiger partial charge is 0.510 e. The molecule has 20 atom stereocenters. The lowest BCUT2D eigenvalue weighted by molar-refractivity contribution is -0.162. The second kappa shape index (κ2) is 37.1. The number of fused-ring (bicyclic) bond motifs is 10. The summed E-state index contributed by atoms with van der Waals surface area (Å²) in [6.45, 7) is 8.08. The third-order valence-corrected chi connectivity index (χ3v) is 24.3. The first kappa shape index (κ1) is 90.7. The van der Waals surface area contributed by atoms with Gasteiger partial charge >= 0.3 is 55.1 Å². The van der Waals surface area contributed by atoms with Crippen LogP contribution < -0.4 is 22.9 Å². The van der Waals surface area contributed by atoms with Gasteiger partial charge in [-0.1, -0.05) is 0 Å². The van der Waals surface area contributed by atoms with Crippen LogP contribution in [0.5, 0.6) is 0 Å². The summed E-state index contributed by atoms with van der Waals surface area (Å²) in [5.74, 6) is -1.51. The second-order valence-electron chi connectivity index (χ2n) is 30.1. The van der Waals surface area contributed by atoms with E-state index in [0.29, 0.717) is 0 Å². The van der Waals surface area contributed by atoms with Crippen LogP contribution in [-0.2, 0) is 130 Å². The van der Waals surface area contributed by atoms with E-state index in [9.17, 15) is 37.4 Å². The number of ether oxygens (including phenoxy) is 12. The Bertz CT molecular complexity index is 5300. The van der Waals surface area contributed by atoms with Crippen LogP contribution in [0.4, 0.5) is 50.2 Å². The molecule has 8 aromatic rings. The summed E-state index contributed by atoms with van der Waals surface area (Å²) in [6.07, 6.45) is -24.9. The van der Waals surface area contributed by atoms with Crippen molar-refractivity contribution in [3.8, 4) is 0 Å². The standard InChI is InChI=1S/C34H45F2N9O14P2.C32H41F2N9O16P2/c1-33(2,3)31(46)50-14-55-60(48)16-52-24-19(58-29(21(24)36)44-13-43-23-26(38)40-11-41-28(23)44)10-54-61(49,56-15-51-32(47)34(4,5)6)59-25-20(35)18(9-53-60)57-30(25)45-12-42-22-17(37)7-8-39-27(22)45;1-15(2)55-31(44)48-12-53-60(46)14-50-24-19(58-29(21(24)34)42-11-41-23-26(36)38-9-39-28(23)42)8-52-61(47,54-13-49-32(45)56-16(3)4)59-25-20(33)18(7-51-60)57-30(25)43-10-40-22-17(35)5-6-37-27(22)43/h7-8,11-13,18-21,24-25,29-30H,9-10,14-16H2,1-6H3,(H2,37,39)(H2,38,40,41);5-6,9-11,15-16,18-21,24-25,29-30H,7-8,12-14H2,1-4H3,(H2,35,37)(H2,36,38,39)/t2*18-,19-,20-,21-,24-,25-,29-,30-,60?,61?/m11/s1. The fourth-order valence-electron chi connectivity index (χ4n) is 12.5. The topological polar surface area (TPSA) is 592 Å². The molecule has 6 aliphatic rings. The number of hydrogen-bond acceptors (Lipinski definition) is 44. The molecule has 48 nitrogen and oxygen atoms in total. The molecule has 4 bridgehead atoms. The van der Waals surface area contributed by atoms with E-state index in [1.165, 1.54) is 68.1 Å². The Morgan fingerprint density at radius 3 is 1.16 bits per heavy atom. The SMILES string of the molecule is CC(C)(C)C(=O)OCOP1(=O)CO[C@H]2[C@@H](F)[C@H](n3cnc4c(N)ncnc43)O[C@@H]2COP(=O)(OCOC(=O)C(C)(C)C)O[C@@H]2[C@H](F)[C@@H](CO1)O[C@H]2n1cnc2c(N)ccnc21.CC(C)OC(=O)OCOP1(=O)CO[C@H]2[C@@H](F)[C@H](n3cnc4c(N)ncnc43)O[C@@H]2COP(=O)(OCOC(=O)OC(C)C)O[C@@H]2[C@H](F)[C@@H](CO1)O[C@H]2n1cnc2c(N)ccnc21. The minimum atomic E-state index is -5.15. The average molecular weight is 1810 g/mol. The van der Waals surface area contributed by atoms with Crippen molar-refractivity contribution in [1.29, 1.82) is 0 Å². The number of hydrogen-bond donors (Lipinski definition) is 4. The quantitative estimate of drug-likeness (QED) is 0.0207. The minimum Gasteiger partial charge on any atom is -0.438 e. The van der Waals surface area contributed by atoms with Crippen LogP contribution in [0, 0.1) is 10.8 Å². The van der Waals surface area contributed by atoms with E-state index in [4.69, 9.17) is 125 Å². The van der Waals surface area contributed by atoms with Gasteiger partial charge in [0.05, 0.1) is 86.1 Å². The number of pyridine rings is 2. The number of anilines is 4. The summed E-state index contributed by atoms with van der Waals surface area (Å²) in [7, 11) is -19.6. The molecular formula is C66H86F4N18O30P4. The number of imidazole rings is 4. The maximum Gasteiger partial charge on any atom is 0.510 e. The van der Waals surface area contributed by atoms with Crippen molar-refractivity contribution in [2.75, 3.05) is 89.2 Å². The summed E-state index contributed by atoms with van der Waals surface area (Å²) in [6, 6.07) is 2.95. The van der Waals surface area contributed by atoms with Crippen molar-refractivity contribution >= 4 is 123 Å². The number of alkyl halides is 4. The Labute approximate surface area is 687 Å². The van der Waals surface area contributed by atoms with Gasteiger partial charge in [-0.15, -0.1) is 0 Å². The first-order chi connectivity index (χ1) is 57.7. The fourth-order valence-corrected chi connectivity index (χ4v) is 17.3. The summed E-state index contributed by atoms with van der Waals surface area (Å²) in [5, 5.41) is 0. The zero-order valence-corrected chi connectivity index (χ0v) is 69.9. The molecule has 6 saturated heterocycles. The third-order valence-electron chi connectivity index (χ3n) is 18.5. The normalized spacial score (nSPS) is 31.2. The van der Waals surface area contributed by atoms with Gasteiger partial charge in [0.2, 0.25) is 27.2 Å². The highest BCUT2D eigenvalue weighted by molar-refractivity contribution is 7.54. The number of rotatable bonds is 18. The molecular weight excluding hydrogens is 1720 g/mol. The van der Waals surface area contributed by atoms with Crippen LogP contribution in [0.15, 0.2) is 62.5 Å². The molecule has 56 heteroatoms. The molecule has 0 amide bonds. The molecule has 4 unspecified atom stereocenters. The van der Waals surface area contributed by atoms with E-state index in [1.54, 1.807) is 69.2 Å². The number of carbonyl (C=O) groups is 4. The molecule has 0 aromatic carbocycles. The number of aromatic nitrogens is 14. The molecule has 668 valence electrons.